The summed E-state index contributed by atoms with van der Waals surface area (Å²) in [6, 6.07) is 3.29. The van der Waals surface area contributed by atoms with Gasteiger partial charge in [0.25, 0.3) is 15.9 Å². The first kappa shape index (κ1) is 18.0. The van der Waals surface area contributed by atoms with Gasteiger partial charge in [-0.15, -0.1) is 11.3 Å². The van der Waals surface area contributed by atoms with E-state index in [-0.39, 0.29) is 17.6 Å². The zero-order chi connectivity index (χ0) is 17.7. The zero-order valence-electron chi connectivity index (χ0n) is 13.7. The lowest BCUT2D eigenvalue weighted by molar-refractivity contribution is 0.0944. The highest BCUT2D eigenvalue weighted by molar-refractivity contribution is 7.91. The Morgan fingerprint density at radius 1 is 1.36 bits per heavy atom. The molecule has 1 amide bonds. The summed E-state index contributed by atoms with van der Waals surface area (Å²) in [5, 5.41) is 4.56. The number of amides is 1. The van der Waals surface area contributed by atoms with E-state index >= 15 is 0 Å². The van der Waals surface area contributed by atoms with Crippen molar-refractivity contribution in [3.05, 3.63) is 41.8 Å². The maximum Gasteiger partial charge on any atom is 0.271 e. The van der Waals surface area contributed by atoms with Crippen molar-refractivity contribution >= 4 is 27.3 Å². The average Bonchev–Trinajstić information content (AvgIpc) is 3.18. The first-order valence-electron chi connectivity index (χ1n) is 8.18. The van der Waals surface area contributed by atoms with Gasteiger partial charge in [-0.2, -0.15) is 4.31 Å². The van der Waals surface area contributed by atoms with Crippen LogP contribution in [-0.2, 0) is 10.0 Å². The third-order valence-electron chi connectivity index (χ3n) is 4.19. The number of aromatic nitrogens is 2. The fraction of sp³-hybridized carbons (Fsp3) is 0.438. The molecule has 25 heavy (non-hydrogen) atoms. The van der Waals surface area contributed by atoms with Crippen LogP contribution in [0.2, 0.25) is 0 Å². The van der Waals surface area contributed by atoms with Crippen LogP contribution < -0.4 is 5.32 Å². The van der Waals surface area contributed by atoms with Crippen molar-refractivity contribution in [2.24, 2.45) is 0 Å². The molecule has 0 unspecified atom stereocenters. The molecule has 1 fully saturated rings. The molecule has 1 aliphatic rings. The Bertz CT molecular complexity index is 794. The topological polar surface area (TPSA) is 92.3 Å². The van der Waals surface area contributed by atoms with Gasteiger partial charge in [-0.3, -0.25) is 9.78 Å². The van der Waals surface area contributed by atoms with E-state index in [1.165, 1.54) is 29.9 Å². The molecule has 134 valence electrons. The fourth-order valence-electron chi connectivity index (χ4n) is 2.96. The molecule has 1 N–H and O–H groups in total. The SMILES string of the molecule is O=C(NCC[C@@H]1CCCCN1S(=O)(=O)c1cccs1)c1cnccn1. The summed E-state index contributed by atoms with van der Waals surface area (Å²) in [7, 11) is -3.45. The minimum Gasteiger partial charge on any atom is -0.351 e. The minimum atomic E-state index is -3.45. The smallest absolute Gasteiger partial charge is 0.271 e. The number of carbonyl (C=O) groups is 1. The van der Waals surface area contributed by atoms with Crippen LogP contribution in [0.3, 0.4) is 0 Å². The Hall–Kier alpha value is -1.84. The quantitative estimate of drug-likeness (QED) is 0.826. The predicted octanol–water partition coefficient (Wildman–Crippen LogP) is 1.90. The van der Waals surface area contributed by atoms with Crippen LogP contribution in [0.4, 0.5) is 0 Å². The number of nitrogens with zero attached hydrogens (tertiary/aromatic N) is 3. The van der Waals surface area contributed by atoms with E-state index in [2.05, 4.69) is 15.3 Å². The fourth-order valence-corrected chi connectivity index (χ4v) is 5.81. The summed E-state index contributed by atoms with van der Waals surface area (Å²) in [5.41, 5.74) is 0.259. The molecular formula is C16H20N4O3S2. The first-order valence-corrected chi connectivity index (χ1v) is 10.5. The van der Waals surface area contributed by atoms with Crippen molar-refractivity contribution in [3.8, 4) is 0 Å². The van der Waals surface area contributed by atoms with Gasteiger partial charge in [0.05, 0.1) is 6.20 Å². The van der Waals surface area contributed by atoms with Crippen molar-refractivity contribution in [2.45, 2.75) is 35.9 Å². The van der Waals surface area contributed by atoms with Gasteiger partial charge in [0.2, 0.25) is 0 Å². The normalized spacial score (nSPS) is 18.8. The van der Waals surface area contributed by atoms with Gasteiger partial charge in [-0.05, 0) is 30.7 Å². The van der Waals surface area contributed by atoms with E-state index < -0.39 is 10.0 Å². The van der Waals surface area contributed by atoms with Gasteiger partial charge in [0, 0.05) is 31.5 Å². The molecule has 7 nitrogen and oxygen atoms in total. The Kier molecular flexibility index (Phi) is 5.77. The van der Waals surface area contributed by atoms with Crippen molar-refractivity contribution < 1.29 is 13.2 Å². The van der Waals surface area contributed by atoms with Gasteiger partial charge in [-0.25, -0.2) is 13.4 Å². The molecule has 0 aromatic carbocycles. The van der Waals surface area contributed by atoms with Gasteiger partial charge >= 0.3 is 0 Å². The van der Waals surface area contributed by atoms with Gasteiger partial charge in [0.1, 0.15) is 9.90 Å². The Morgan fingerprint density at radius 2 is 2.24 bits per heavy atom. The molecule has 9 heteroatoms. The summed E-state index contributed by atoms with van der Waals surface area (Å²) in [5.74, 6) is -0.295. The van der Waals surface area contributed by atoms with Crippen LogP contribution in [0.15, 0.2) is 40.3 Å². The predicted molar refractivity (Wildman–Crippen MR) is 94.8 cm³/mol. The number of carbonyl (C=O) groups excluding carboxylic acids is 1. The van der Waals surface area contributed by atoms with Crippen LogP contribution in [0.5, 0.6) is 0 Å². The second kappa shape index (κ2) is 8.03. The second-order valence-corrected chi connectivity index (χ2v) is 8.90. The van der Waals surface area contributed by atoms with Crippen LogP contribution in [0.25, 0.3) is 0 Å². The summed E-state index contributed by atoms with van der Waals surface area (Å²) in [6.45, 7) is 0.930. The summed E-state index contributed by atoms with van der Waals surface area (Å²) in [4.78, 5) is 19.8. The van der Waals surface area contributed by atoms with E-state index in [0.29, 0.717) is 23.7 Å². The van der Waals surface area contributed by atoms with Gasteiger partial charge in [-0.1, -0.05) is 12.5 Å². The molecule has 1 saturated heterocycles. The van der Waals surface area contributed by atoms with Crippen LogP contribution in [-0.4, -0.2) is 47.7 Å². The summed E-state index contributed by atoms with van der Waals surface area (Å²) in [6.07, 6.45) is 7.63. The number of piperidine rings is 1. The highest BCUT2D eigenvalue weighted by Crippen LogP contribution is 2.28. The molecule has 0 bridgehead atoms. The summed E-state index contributed by atoms with van der Waals surface area (Å²) < 4.78 is 27.6. The molecule has 0 spiro atoms. The van der Waals surface area contributed by atoms with Crippen LogP contribution >= 0.6 is 11.3 Å². The largest absolute Gasteiger partial charge is 0.351 e. The Balaban J connectivity index is 1.61. The molecular weight excluding hydrogens is 360 g/mol. The van der Waals surface area contributed by atoms with Gasteiger partial charge in [0.15, 0.2) is 0 Å². The van der Waals surface area contributed by atoms with Crippen molar-refractivity contribution in [1.82, 2.24) is 19.6 Å². The second-order valence-electron chi connectivity index (χ2n) is 5.83. The van der Waals surface area contributed by atoms with E-state index in [1.54, 1.807) is 21.8 Å². The van der Waals surface area contributed by atoms with E-state index in [1.807, 2.05) is 0 Å². The maximum atomic E-state index is 12.8. The Morgan fingerprint density at radius 3 is 2.96 bits per heavy atom. The van der Waals surface area contributed by atoms with Crippen LogP contribution in [0.1, 0.15) is 36.2 Å². The molecule has 0 radical (unpaired) electrons. The highest BCUT2D eigenvalue weighted by Gasteiger charge is 2.33. The lowest BCUT2D eigenvalue weighted by atomic mass is 10.0. The average molecular weight is 380 g/mol. The monoisotopic (exact) mass is 380 g/mol. The third kappa shape index (κ3) is 4.23. The van der Waals surface area contributed by atoms with E-state index in [4.69, 9.17) is 0 Å². The van der Waals surface area contributed by atoms with Crippen molar-refractivity contribution in [3.63, 3.8) is 0 Å². The molecule has 0 saturated carbocycles. The number of hydrogen-bond donors (Lipinski definition) is 1. The van der Waals surface area contributed by atoms with Gasteiger partial charge < -0.3 is 5.32 Å². The van der Waals surface area contributed by atoms with Crippen molar-refractivity contribution in [2.75, 3.05) is 13.1 Å². The molecule has 3 heterocycles. The van der Waals surface area contributed by atoms with Crippen LogP contribution in [0, 0.1) is 0 Å². The molecule has 3 rings (SSSR count). The zero-order valence-corrected chi connectivity index (χ0v) is 15.3. The number of nitrogens with one attached hydrogen (secondary N) is 1. The number of hydrogen-bond acceptors (Lipinski definition) is 6. The maximum absolute atomic E-state index is 12.8. The van der Waals surface area contributed by atoms with Crippen molar-refractivity contribution in [1.29, 1.82) is 0 Å². The Labute approximate surface area is 151 Å². The first-order chi connectivity index (χ1) is 12.1. The minimum absolute atomic E-state index is 0.0944. The third-order valence-corrected chi connectivity index (χ3v) is 7.51. The molecule has 2 aromatic heterocycles. The lowest BCUT2D eigenvalue weighted by Gasteiger charge is -2.34. The molecule has 1 aliphatic heterocycles. The molecule has 1 atom stereocenters. The lowest BCUT2D eigenvalue weighted by Crippen LogP contribution is -2.45. The summed E-state index contributed by atoms with van der Waals surface area (Å²) >= 11 is 1.24. The number of rotatable bonds is 6. The van der Waals surface area contributed by atoms with E-state index in [9.17, 15) is 13.2 Å². The molecule has 2 aromatic rings. The standard InChI is InChI=1S/C16H20N4O3S2/c21-16(14-12-17-8-9-18-14)19-7-6-13-4-1-2-10-20(13)25(22,23)15-5-3-11-24-15/h3,5,8-9,11-13H,1-2,4,6-7,10H2,(H,19,21)/t13-/m0/s1. The highest BCUT2D eigenvalue weighted by atomic mass is 32.2. The molecule has 0 aliphatic carbocycles. The number of sulfonamides is 1. The number of thiophene rings is 1. The van der Waals surface area contributed by atoms with E-state index in [0.717, 1.165) is 19.3 Å².